The summed E-state index contributed by atoms with van der Waals surface area (Å²) in [6, 6.07) is 6.20. The lowest BCUT2D eigenvalue weighted by atomic mass is 9.88. The summed E-state index contributed by atoms with van der Waals surface area (Å²) in [4.78, 5) is 2.55. The van der Waals surface area contributed by atoms with Gasteiger partial charge in [0.05, 0.1) is 7.11 Å². The van der Waals surface area contributed by atoms with Crippen LogP contribution in [0.15, 0.2) is 22.7 Å². The molecule has 1 aliphatic heterocycles. The van der Waals surface area contributed by atoms with Crippen molar-refractivity contribution in [3.63, 3.8) is 0 Å². The van der Waals surface area contributed by atoms with Gasteiger partial charge in [0.2, 0.25) is 0 Å². The Hall–Kier alpha value is -0.540. The lowest BCUT2D eigenvalue weighted by molar-refractivity contribution is 0.132. The van der Waals surface area contributed by atoms with Gasteiger partial charge in [-0.2, -0.15) is 0 Å². The standard InChI is InChI=1S/C15H22BrNO/c1-11-6-7-17(9-12(11)2)10-13-8-14(18-3)4-5-15(13)16/h4-5,8,11-12H,6-7,9-10H2,1-3H3. The van der Waals surface area contributed by atoms with Crippen molar-refractivity contribution in [2.45, 2.75) is 26.8 Å². The molecule has 1 aromatic rings. The van der Waals surface area contributed by atoms with Crippen LogP contribution in [0, 0.1) is 11.8 Å². The molecule has 2 nitrogen and oxygen atoms in total. The first-order valence-corrected chi connectivity index (χ1v) is 7.44. The largest absolute Gasteiger partial charge is 0.497 e. The number of benzene rings is 1. The number of piperidine rings is 1. The van der Waals surface area contributed by atoms with Gasteiger partial charge in [0.1, 0.15) is 5.75 Å². The van der Waals surface area contributed by atoms with Crippen molar-refractivity contribution in [3.05, 3.63) is 28.2 Å². The Labute approximate surface area is 118 Å². The Bertz CT molecular complexity index is 407. The first-order chi connectivity index (χ1) is 8.60. The Morgan fingerprint density at radius 2 is 2.11 bits per heavy atom. The van der Waals surface area contributed by atoms with E-state index in [-0.39, 0.29) is 0 Å². The molecule has 3 heteroatoms. The third kappa shape index (κ3) is 3.27. The maximum absolute atomic E-state index is 5.30. The molecular weight excluding hydrogens is 290 g/mol. The molecule has 0 bridgehead atoms. The van der Waals surface area contributed by atoms with E-state index >= 15 is 0 Å². The molecule has 100 valence electrons. The first kappa shape index (κ1) is 13.9. The van der Waals surface area contributed by atoms with Gasteiger partial charge in [-0.1, -0.05) is 29.8 Å². The highest BCUT2D eigenvalue weighted by molar-refractivity contribution is 9.10. The quantitative estimate of drug-likeness (QED) is 0.838. The van der Waals surface area contributed by atoms with Gasteiger partial charge < -0.3 is 4.74 Å². The van der Waals surface area contributed by atoms with E-state index in [1.165, 1.54) is 29.5 Å². The highest BCUT2D eigenvalue weighted by atomic mass is 79.9. The minimum absolute atomic E-state index is 0.795. The number of ether oxygens (including phenoxy) is 1. The zero-order valence-corrected chi connectivity index (χ0v) is 13.0. The van der Waals surface area contributed by atoms with Gasteiger partial charge in [-0.3, -0.25) is 4.90 Å². The predicted molar refractivity (Wildman–Crippen MR) is 78.9 cm³/mol. The maximum atomic E-state index is 5.30. The van der Waals surface area contributed by atoms with Crippen molar-refractivity contribution in [1.82, 2.24) is 4.90 Å². The van der Waals surface area contributed by atoms with Crippen LogP contribution < -0.4 is 4.74 Å². The molecule has 0 N–H and O–H groups in total. The van der Waals surface area contributed by atoms with Gasteiger partial charge in [-0.25, -0.2) is 0 Å². The van der Waals surface area contributed by atoms with E-state index in [1.807, 2.05) is 6.07 Å². The molecular formula is C15H22BrNO. The summed E-state index contributed by atoms with van der Waals surface area (Å²) < 4.78 is 6.47. The number of nitrogens with zero attached hydrogens (tertiary/aromatic N) is 1. The second-order valence-corrected chi connectivity index (χ2v) is 6.29. The van der Waals surface area contributed by atoms with Crippen molar-refractivity contribution >= 4 is 15.9 Å². The Morgan fingerprint density at radius 3 is 2.78 bits per heavy atom. The number of rotatable bonds is 3. The number of methoxy groups -OCH3 is 1. The van der Waals surface area contributed by atoms with E-state index in [1.54, 1.807) is 7.11 Å². The topological polar surface area (TPSA) is 12.5 Å². The molecule has 0 aromatic heterocycles. The van der Waals surface area contributed by atoms with E-state index < -0.39 is 0 Å². The highest BCUT2D eigenvalue weighted by Crippen LogP contribution is 2.27. The first-order valence-electron chi connectivity index (χ1n) is 6.65. The third-order valence-corrected chi connectivity index (χ3v) is 4.84. The van der Waals surface area contributed by atoms with Crippen LogP contribution in [0.1, 0.15) is 25.8 Å². The van der Waals surface area contributed by atoms with Crippen LogP contribution in [0.4, 0.5) is 0 Å². The van der Waals surface area contributed by atoms with E-state index in [2.05, 4.69) is 46.8 Å². The van der Waals surface area contributed by atoms with Crippen molar-refractivity contribution in [3.8, 4) is 5.75 Å². The van der Waals surface area contributed by atoms with Crippen molar-refractivity contribution in [2.24, 2.45) is 11.8 Å². The summed E-state index contributed by atoms with van der Waals surface area (Å²) in [6.07, 6.45) is 1.31. The Kier molecular flexibility index (Phi) is 4.68. The van der Waals surface area contributed by atoms with Gasteiger partial charge in [-0.05, 0) is 48.6 Å². The van der Waals surface area contributed by atoms with Gasteiger partial charge in [0.15, 0.2) is 0 Å². The summed E-state index contributed by atoms with van der Waals surface area (Å²) in [5.74, 6) is 2.59. The van der Waals surface area contributed by atoms with Gasteiger partial charge in [-0.15, -0.1) is 0 Å². The van der Waals surface area contributed by atoms with Crippen molar-refractivity contribution < 1.29 is 4.74 Å². The number of halogens is 1. The lowest BCUT2D eigenvalue weighted by Gasteiger charge is -2.35. The zero-order valence-electron chi connectivity index (χ0n) is 11.4. The van der Waals surface area contributed by atoms with Gasteiger partial charge >= 0.3 is 0 Å². The molecule has 2 rings (SSSR count). The molecule has 1 fully saturated rings. The van der Waals surface area contributed by atoms with E-state index in [4.69, 9.17) is 4.74 Å². The van der Waals surface area contributed by atoms with Crippen molar-refractivity contribution in [2.75, 3.05) is 20.2 Å². The molecule has 18 heavy (non-hydrogen) atoms. The van der Waals surface area contributed by atoms with E-state index in [9.17, 15) is 0 Å². The molecule has 0 amide bonds. The molecule has 0 radical (unpaired) electrons. The van der Waals surface area contributed by atoms with E-state index in [0.29, 0.717) is 0 Å². The summed E-state index contributed by atoms with van der Waals surface area (Å²) in [5.41, 5.74) is 1.32. The molecule has 1 aromatic carbocycles. The zero-order chi connectivity index (χ0) is 13.1. The van der Waals surface area contributed by atoms with Gasteiger partial charge in [0, 0.05) is 17.6 Å². The summed E-state index contributed by atoms with van der Waals surface area (Å²) in [7, 11) is 1.72. The van der Waals surface area contributed by atoms with Crippen LogP contribution in [0.2, 0.25) is 0 Å². The molecule has 2 unspecified atom stereocenters. The minimum atomic E-state index is 0.795. The normalized spacial score (nSPS) is 25.1. The predicted octanol–water partition coefficient (Wildman–Crippen LogP) is 3.94. The van der Waals surface area contributed by atoms with Crippen LogP contribution in [-0.2, 0) is 6.54 Å². The second kappa shape index (κ2) is 6.07. The molecule has 1 aliphatic rings. The smallest absolute Gasteiger partial charge is 0.119 e. The second-order valence-electron chi connectivity index (χ2n) is 5.44. The Morgan fingerprint density at radius 1 is 1.33 bits per heavy atom. The minimum Gasteiger partial charge on any atom is -0.497 e. The van der Waals surface area contributed by atoms with E-state index in [0.717, 1.165) is 24.1 Å². The fourth-order valence-electron chi connectivity index (χ4n) is 2.53. The van der Waals surface area contributed by atoms with Crippen LogP contribution in [-0.4, -0.2) is 25.1 Å². The van der Waals surface area contributed by atoms with Crippen molar-refractivity contribution in [1.29, 1.82) is 0 Å². The fourth-order valence-corrected chi connectivity index (χ4v) is 2.90. The molecule has 0 saturated carbocycles. The SMILES string of the molecule is COc1ccc(Br)c(CN2CCC(C)C(C)C2)c1. The number of hydrogen-bond acceptors (Lipinski definition) is 2. The van der Waals surface area contributed by atoms with Crippen LogP contribution in [0.5, 0.6) is 5.75 Å². The van der Waals surface area contributed by atoms with Gasteiger partial charge in [0.25, 0.3) is 0 Å². The Balaban J connectivity index is 2.05. The molecule has 0 spiro atoms. The average Bonchev–Trinajstić information content (AvgIpc) is 2.36. The number of likely N-dealkylation sites (tertiary alicyclic amines) is 1. The summed E-state index contributed by atoms with van der Waals surface area (Å²) in [6.45, 7) is 8.13. The summed E-state index contributed by atoms with van der Waals surface area (Å²) >= 11 is 3.63. The molecule has 1 heterocycles. The van der Waals surface area contributed by atoms with Crippen LogP contribution >= 0.6 is 15.9 Å². The molecule has 2 atom stereocenters. The van der Waals surface area contributed by atoms with Crippen LogP contribution in [0.3, 0.4) is 0 Å². The lowest BCUT2D eigenvalue weighted by Crippen LogP contribution is -2.37. The van der Waals surface area contributed by atoms with Crippen LogP contribution in [0.25, 0.3) is 0 Å². The monoisotopic (exact) mass is 311 g/mol. The molecule has 1 saturated heterocycles. The fraction of sp³-hybridized carbons (Fsp3) is 0.600. The molecule has 0 aliphatic carbocycles. The highest BCUT2D eigenvalue weighted by Gasteiger charge is 2.22. The average molecular weight is 312 g/mol. The number of hydrogen-bond donors (Lipinski definition) is 0. The third-order valence-electron chi connectivity index (χ3n) is 4.07. The summed E-state index contributed by atoms with van der Waals surface area (Å²) in [5, 5.41) is 0. The maximum Gasteiger partial charge on any atom is 0.119 e.